The molecule has 0 aromatic heterocycles. The number of ether oxygens (including phenoxy) is 1. The maximum atomic E-state index is 13.6. The van der Waals surface area contributed by atoms with E-state index in [1.54, 1.807) is 0 Å². The van der Waals surface area contributed by atoms with Crippen molar-refractivity contribution in [3.05, 3.63) is 0 Å². The Morgan fingerprint density at radius 1 is 1.36 bits per heavy atom. The summed E-state index contributed by atoms with van der Waals surface area (Å²) in [6.45, 7) is 3.23. The average Bonchev–Trinajstić information content (AvgIpc) is 3.15. The summed E-state index contributed by atoms with van der Waals surface area (Å²) in [4.78, 5) is 17.0. The second kappa shape index (κ2) is 4.90. The SMILES string of the molecule is CC1([C@@H]2CCOC2)SC(=N[C@H]2C[C@H]3C[C@@H]2CC3(F)F)NC1=O. The number of amides is 1. The number of halogens is 2. The molecule has 0 aromatic rings. The third-order valence-electron chi connectivity index (χ3n) is 5.76. The van der Waals surface area contributed by atoms with Crippen molar-refractivity contribution >= 4 is 22.8 Å². The molecule has 2 heterocycles. The van der Waals surface area contributed by atoms with E-state index in [1.165, 1.54) is 11.8 Å². The number of amidine groups is 1. The van der Waals surface area contributed by atoms with Gasteiger partial charge in [0.05, 0.1) is 12.6 Å². The molecule has 4 aliphatic rings. The molecule has 1 amide bonds. The summed E-state index contributed by atoms with van der Waals surface area (Å²) in [6.07, 6.45) is 1.84. The number of carbonyl (C=O) groups is 1. The van der Waals surface area contributed by atoms with Crippen molar-refractivity contribution in [1.82, 2.24) is 5.32 Å². The summed E-state index contributed by atoms with van der Waals surface area (Å²) >= 11 is 1.45. The van der Waals surface area contributed by atoms with Gasteiger partial charge in [-0.25, -0.2) is 8.78 Å². The maximum Gasteiger partial charge on any atom is 0.251 e. The van der Waals surface area contributed by atoms with Gasteiger partial charge >= 0.3 is 0 Å². The summed E-state index contributed by atoms with van der Waals surface area (Å²) in [5.74, 6) is -2.91. The van der Waals surface area contributed by atoms with Crippen molar-refractivity contribution in [3.63, 3.8) is 0 Å². The molecule has 122 valence electrons. The van der Waals surface area contributed by atoms with Crippen molar-refractivity contribution in [2.75, 3.05) is 13.2 Å². The lowest BCUT2D eigenvalue weighted by Crippen LogP contribution is -2.40. The molecule has 7 heteroatoms. The molecule has 1 N–H and O–H groups in total. The van der Waals surface area contributed by atoms with Crippen LogP contribution in [-0.2, 0) is 9.53 Å². The second-order valence-electron chi connectivity index (χ2n) is 7.12. The molecule has 22 heavy (non-hydrogen) atoms. The van der Waals surface area contributed by atoms with Crippen LogP contribution in [0.5, 0.6) is 0 Å². The number of fused-ring (bicyclic) bond motifs is 2. The quantitative estimate of drug-likeness (QED) is 0.846. The third-order valence-corrected chi connectivity index (χ3v) is 7.10. The van der Waals surface area contributed by atoms with E-state index in [0.717, 1.165) is 6.42 Å². The van der Waals surface area contributed by atoms with Gasteiger partial charge in [-0.3, -0.25) is 9.79 Å². The monoisotopic (exact) mass is 330 g/mol. The summed E-state index contributed by atoms with van der Waals surface area (Å²) in [6, 6.07) is -0.0606. The van der Waals surface area contributed by atoms with E-state index in [2.05, 4.69) is 10.3 Å². The third kappa shape index (κ3) is 2.19. The molecule has 0 spiro atoms. The molecule has 2 aliphatic heterocycles. The minimum atomic E-state index is -2.51. The molecular formula is C15H20F2N2O2S. The first kappa shape index (κ1) is 14.9. The largest absolute Gasteiger partial charge is 0.381 e. The molecule has 2 saturated carbocycles. The zero-order chi connectivity index (χ0) is 15.5. The summed E-state index contributed by atoms with van der Waals surface area (Å²) < 4.78 is 32.0. The van der Waals surface area contributed by atoms with Crippen LogP contribution >= 0.6 is 11.8 Å². The topological polar surface area (TPSA) is 50.7 Å². The Morgan fingerprint density at radius 2 is 2.18 bits per heavy atom. The Bertz CT molecular complexity index is 536. The molecule has 4 nitrogen and oxygen atoms in total. The predicted molar refractivity (Wildman–Crippen MR) is 80.1 cm³/mol. The van der Waals surface area contributed by atoms with Crippen molar-refractivity contribution in [1.29, 1.82) is 0 Å². The van der Waals surface area contributed by atoms with E-state index in [9.17, 15) is 13.6 Å². The normalized spacial score (nSPS) is 48.3. The van der Waals surface area contributed by atoms with Crippen LogP contribution in [0.25, 0.3) is 0 Å². The van der Waals surface area contributed by atoms with Gasteiger partial charge in [0.15, 0.2) is 5.17 Å². The fourth-order valence-electron chi connectivity index (χ4n) is 4.28. The number of nitrogens with zero attached hydrogens (tertiary/aromatic N) is 1. The number of aliphatic imine (C=N–C) groups is 1. The van der Waals surface area contributed by atoms with Crippen LogP contribution in [0.15, 0.2) is 4.99 Å². The minimum Gasteiger partial charge on any atom is -0.381 e. The highest BCUT2D eigenvalue weighted by Crippen LogP contribution is 2.55. The van der Waals surface area contributed by atoms with Gasteiger partial charge in [-0.1, -0.05) is 11.8 Å². The Hall–Kier alpha value is -0.690. The van der Waals surface area contributed by atoms with Crippen LogP contribution in [0.3, 0.4) is 0 Å². The van der Waals surface area contributed by atoms with Gasteiger partial charge in [0.2, 0.25) is 5.91 Å². The Labute approximate surface area is 132 Å². The molecular weight excluding hydrogens is 310 g/mol. The standard InChI is InChI=1S/C15H20F2N2O2S/c1-14(9-2-3-21-7-9)12(20)19-13(22-14)18-11-5-10-4-8(11)6-15(10,16)17/h8-11H,2-7H2,1H3,(H,18,19,20)/t8-,9-,10-,11+,14?/m1/s1. The van der Waals surface area contributed by atoms with Crippen LogP contribution < -0.4 is 5.32 Å². The van der Waals surface area contributed by atoms with Gasteiger partial charge < -0.3 is 10.1 Å². The highest BCUT2D eigenvalue weighted by atomic mass is 32.2. The highest BCUT2D eigenvalue weighted by molar-refractivity contribution is 8.16. The van der Waals surface area contributed by atoms with E-state index in [-0.39, 0.29) is 30.2 Å². The smallest absolute Gasteiger partial charge is 0.251 e. The van der Waals surface area contributed by atoms with Crippen molar-refractivity contribution in [2.24, 2.45) is 22.7 Å². The lowest BCUT2D eigenvalue weighted by atomic mass is 9.92. The van der Waals surface area contributed by atoms with E-state index in [4.69, 9.17) is 4.74 Å². The van der Waals surface area contributed by atoms with E-state index >= 15 is 0 Å². The van der Waals surface area contributed by atoms with Gasteiger partial charge in [0.1, 0.15) is 4.75 Å². The first-order chi connectivity index (χ1) is 10.4. The van der Waals surface area contributed by atoms with Crippen LogP contribution in [0, 0.1) is 17.8 Å². The molecule has 2 saturated heterocycles. The summed E-state index contributed by atoms with van der Waals surface area (Å²) in [5.41, 5.74) is 0. The lowest BCUT2D eigenvalue weighted by molar-refractivity contribution is -0.122. The minimum absolute atomic E-state index is 0.0276. The number of hydrogen-bond acceptors (Lipinski definition) is 4. The average molecular weight is 330 g/mol. The molecule has 4 fully saturated rings. The van der Waals surface area contributed by atoms with Crippen LogP contribution in [0.4, 0.5) is 8.78 Å². The van der Waals surface area contributed by atoms with E-state index < -0.39 is 16.6 Å². The zero-order valence-electron chi connectivity index (χ0n) is 12.5. The Kier molecular flexibility index (Phi) is 3.31. The molecule has 0 radical (unpaired) electrons. The zero-order valence-corrected chi connectivity index (χ0v) is 13.3. The first-order valence-corrected chi connectivity index (χ1v) is 8.74. The molecule has 4 rings (SSSR count). The van der Waals surface area contributed by atoms with Crippen molar-refractivity contribution in [2.45, 2.75) is 49.3 Å². The van der Waals surface area contributed by atoms with Gasteiger partial charge in [-0.15, -0.1) is 0 Å². The second-order valence-corrected chi connectivity index (χ2v) is 8.56. The fourth-order valence-corrected chi connectivity index (χ4v) is 5.51. The predicted octanol–water partition coefficient (Wildman–Crippen LogP) is 2.43. The van der Waals surface area contributed by atoms with Crippen LogP contribution in [0.1, 0.15) is 32.6 Å². The van der Waals surface area contributed by atoms with Gasteiger partial charge in [0.25, 0.3) is 5.92 Å². The van der Waals surface area contributed by atoms with Crippen LogP contribution in [0.2, 0.25) is 0 Å². The van der Waals surface area contributed by atoms with Gasteiger partial charge in [0, 0.05) is 24.9 Å². The summed E-state index contributed by atoms with van der Waals surface area (Å²) in [7, 11) is 0. The number of alkyl halides is 2. The number of carbonyl (C=O) groups excluding carboxylic acids is 1. The Morgan fingerprint density at radius 3 is 2.77 bits per heavy atom. The maximum absolute atomic E-state index is 13.6. The fraction of sp³-hybridized carbons (Fsp3) is 0.867. The number of hydrogen-bond donors (Lipinski definition) is 1. The van der Waals surface area contributed by atoms with Gasteiger partial charge in [-0.2, -0.15) is 0 Å². The summed E-state index contributed by atoms with van der Waals surface area (Å²) in [5, 5.41) is 3.47. The lowest BCUT2D eigenvalue weighted by Gasteiger charge is -2.26. The van der Waals surface area contributed by atoms with E-state index in [0.29, 0.717) is 31.2 Å². The first-order valence-electron chi connectivity index (χ1n) is 7.92. The molecule has 1 unspecified atom stereocenters. The molecule has 0 aromatic carbocycles. The van der Waals surface area contributed by atoms with Crippen LogP contribution in [-0.4, -0.2) is 41.0 Å². The molecule has 5 atom stereocenters. The number of nitrogens with one attached hydrogen (secondary N) is 1. The highest BCUT2D eigenvalue weighted by Gasteiger charge is 2.57. The number of thioether (sulfide) groups is 1. The molecule has 2 aliphatic carbocycles. The molecule has 2 bridgehead atoms. The number of rotatable bonds is 2. The Balaban J connectivity index is 1.48. The van der Waals surface area contributed by atoms with Gasteiger partial charge in [-0.05, 0) is 32.1 Å². The van der Waals surface area contributed by atoms with E-state index in [1.807, 2.05) is 6.92 Å². The van der Waals surface area contributed by atoms with Crippen molar-refractivity contribution < 1.29 is 18.3 Å². The van der Waals surface area contributed by atoms with Crippen molar-refractivity contribution in [3.8, 4) is 0 Å².